The first kappa shape index (κ1) is 23.5. The zero-order valence-electron chi connectivity index (χ0n) is 15.3. The Kier molecular flexibility index (Phi) is 9.47. The summed E-state index contributed by atoms with van der Waals surface area (Å²) < 4.78 is 0. The summed E-state index contributed by atoms with van der Waals surface area (Å²) in [6.07, 6.45) is 3.70. The fourth-order valence-electron chi connectivity index (χ4n) is 2.83. The van der Waals surface area contributed by atoms with Gasteiger partial charge < -0.3 is 20.9 Å². The second-order valence-corrected chi connectivity index (χ2v) is 6.05. The van der Waals surface area contributed by atoms with Crippen molar-refractivity contribution in [3.63, 3.8) is 0 Å². The van der Waals surface area contributed by atoms with Gasteiger partial charge in [-0.3, -0.25) is 9.59 Å². The smallest absolute Gasteiger partial charge is 0.251 e. The third-order valence-corrected chi connectivity index (χ3v) is 4.24. The Hall–Kier alpha value is -2.58. The second kappa shape index (κ2) is 11.3. The number of nitrogens with two attached hydrogens (primary N) is 1. The summed E-state index contributed by atoms with van der Waals surface area (Å²) >= 11 is 0. The number of aromatic nitrogens is 2. The van der Waals surface area contributed by atoms with Crippen LogP contribution in [0.5, 0.6) is 0 Å². The Labute approximate surface area is 176 Å². The first-order valence-electron chi connectivity index (χ1n) is 8.57. The molecule has 0 bridgehead atoms. The van der Waals surface area contributed by atoms with Crippen molar-refractivity contribution in [2.75, 3.05) is 43.4 Å². The van der Waals surface area contributed by atoms with Gasteiger partial charge in [0, 0.05) is 62.8 Å². The van der Waals surface area contributed by atoms with Crippen LogP contribution in [0, 0.1) is 0 Å². The monoisotopic (exact) mass is 426 g/mol. The fourth-order valence-corrected chi connectivity index (χ4v) is 2.83. The van der Waals surface area contributed by atoms with Crippen LogP contribution in [0.3, 0.4) is 0 Å². The predicted octanol–water partition coefficient (Wildman–Crippen LogP) is 1.37. The van der Waals surface area contributed by atoms with Crippen LogP contribution in [-0.4, -0.2) is 59.4 Å². The molecule has 2 heterocycles. The molecule has 1 fully saturated rings. The van der Waals surface area contributed by atoms with Crippen molar-refractivity contribution in [1.82, 2.24) is 20.2 Å². The van der Waals surface area contributed by atoms with Gasteiger partial charge in [0.1, 0.15) is 0 Å². The molecule has 1 aromatic heterocycles. The predicted molar refractivity (Wildman–Crippen MR) is 113 cm³/mol. The highest BCUT2D eigenvalue weighted by Crippen LogP contribution is 2.10. The van der Waals surface area contributed by atoms with Gasteiger partial charge in [-0.15, -0.1) is 24.8 Å². The molecule has 28 heavy (non-hydrogen) atoms. The molecule has 3 N–H and O–H groups in total. The maximum absolute atomic E-state index is 12.3. The zero-order valence-corrected chi connectivity index (χ0v) is 16.9. The minimum Gasteiger partial charge on any atom is -0.399 e. The number of rotatable bonds is 5. The zero-order chi connectivity index (χ0) is 18.4. The Morgan fingerprint density at radius 3 is 2.36 bits per heavy atom. The Bertz CT molecular complexity index is 770. The van der Waals surface area contributed by atoms with Gasteiger partial charge in [-0.25, -0.2) is 9.97 Å². The quantitative estimate of drug-likeness (QED) is 0.699. The standard InChI is InChI=1S/C18H22N6O2.2ClH/c19-15-4-1-3-14(13-15)17(26)20-8-5-16(25)23-9-11-24(12-10-23)18-21-6-2-7-22-18;;/h1-4,6-7,13H,5,8-12,19H2,(H,20,26);2*1H. The van der Waals surface area contributed by atoms with Crippen LogP contribution in [0.15, 0.2) is 42.7 Å². The second-order valence-electron chi connectivity index (χ2n) is 6.05. The molecule has 1 aromatic carbocycles. The van der Waals surface area contributed by atoms with Crippen molar-refractivity contribution in [1.29, 1.82) is 0 Å². The molecule has 2 amide bonds. The molecule has 0 spiro atoms. The molecule has 0 aliphatic carbocycles. The normalized spacial score (nSPS) is 13.1. The highest BCUT2D eigenvalue weighted by molar-refractivity contribution is 5.95. The summed E-state index contributed by atoms with van der Waals surface area (Å²) in [5, 5.41) is 2.76. The molecule has 0 saturated carbocycles. The molecular weight excluding hydrogens is 403 g/mol. The van der Waals surface area contributed by atoms with E-state index in [4.69, 9.17) is 5.73 Å². The molecular formula is C18H24Cl2N6O2. The first-order chi connectivity index (χ1) is 12.6. The van der Waals surface area contributed by atoms with E-state index in [1.807, 2.05) is 4.90 Å². The minimum atomic E-state index is -0.226. The van der Waals surface area contributed by atoms with E-state index in [2.05, 4.69) is 20.2 Å². The molecule has 10 heteroatoms. The van der Waals surface area contributed by atoms with E-state index in [1.54, 1.807) is 42.7 Å². The molecule has 1 saturated heterocycles. The van der Waals surface area contributed by atoms with E-state index in [1.165, 1.54) is 0 Å². The number of nitrogens with zero attached hydrogens (tertiary/aromatic N) is 4. The number of anilines is 2. The number of amides is 2. The van der Waals surface area contributed by atoms with Crippen LogP contribution >= 0.6 is 24.8 Å². The number of piperazine rings is 1. The van der Waals surface area contributed by atoms with Gasteiger partial charge in [0.15, 0.2) is 0 Å². The van der Waals surface area contributed by atoms with Crippen molar-refractivity contribution < 1.29 is 9.59 Å². The van der Waals surface area contributed by atoms with Gasteiger partial charge in [-0.1, -0.05) is 6.07 Å². The Morgan fingerprint density at radius 1 is 1.04 bits per heavy atom. The van der Waals surface area contributed by atoms with Gasteiger partial charge in [-0.2, -0.15) is 0 Å². The molecule has 1 aliphatic heterocycles. The average Bonchev–Trinajstić information content (AvgIpc) is 2.68. The number of halogens is 2. The van der Waals surface area contributed by atoms with Gasteiger partial charge in [-0.05, 0) is 24.3 Å². The van der Waals surface area contributed by atoms with Crippen molar-refractivity contribution in [3.8, 4) is 0 Å². The highest BCUT2D eigenvalue weighted by Gasteiger charge is 2.22. The summed E-state index contributed by atoms with van der Waals surface area (Å²) in [6, 6.07) is 8.54. The Morgan fingerprint density at radius 2 is 1.71 bits per heavy atom. The number of hydrogen-bond donors (Lipinski definition) is 2. The van der Waals surface area contributed by atoms with Crippen molar-refractivity contribution in [2.45, 2.75) is 6.42 Å². The Balaban J connectivity index is 0.00000196. The summed E-state index contributed by atoms with van der Waals surface area (Å²) in [4.78, 5) is 36.7. The van der Waals surface area contributed by atoms with Gasteiger partial charge in [0.25, 0.3) is 5.91 Å². The lowest BCUT2D eigenvalue weighted by atomic mass is 10.2. The number of nitrogens with one attached hydrogen (secondary N) is 1. The molecule has 0 atom stereocenters. The third kappa shape index (κ3) is 6.24. The molecule has 1 aliphatic rings. The van der Waals surface area contributed by atoms with Crippen LogP contribution in [0.4, 0.5) is 11.6 Å². The lowest BCUT2D eigenvalue weighted by Crippen LogP contribution is -2.49. The van der Waals surface area contributed by atoms with Gasteiger partial charge >= 0.3 is 0 Å². The lowest BCUT2D eigenvalue weighted by Gasteiger charge is -2.34. The third-order valence-electron chi connectivity index (χ3n) is 4.24. The van der Waals surface area contributed by atoms with E-state index < -0.39 is 0 Å². The van der Waals surface area contributed by atoms with Crippen LogP contribution in [0.2, 0.25) is 0 Å². The molecule has 3 rings (SSSR count). The topological polar surface area (TPSA) is 104 Å². The first-order valence-corrected chi connectivity index (χ1v) is 8.57. The molecule has 0 unspecified atom stereocenters. The van der Waals surface area contributed by atoms with Gasteiger partial charge in [0.2, 0.25) is 11.9 Å². The van der Waals surface area contributed by atoms with Crippen LogP contribution in [0.1, 0.15) is 16.8 Å². The van der Waals surface area contributed by atoms with Crippen LogP contribution < -0.4 is 16.0 Å². The minimum absolute atomic E-state index is 0. The number of carbonyl (C=O) groups excluding carboxylic acids is 2. The molecule has 2 aromatic rings. The number of hydrogen-bond acceptors (Lipinski definition) is 6. The highest BCUT2D eigenvalue weighted by atomic mass is 35.5. The van der Waals surface area contributed by atoms with Crippen LogP contribution in [-0.2, 0) is 4.79 Å². The number of carbonyl (C=O) groups is 2. The van der Waals surface area contributed by atoms with E-state index >= 15 is 0 Å². The average molecular weight is 427 g/mol. The van der Waals surface area contributed by atoms with E-state index in [-0.39, 0.29) is 43.0 Å². The van der Waals surface area contributed by atoms with E-state index in [0.717, 1.165) is 0 Å². The molecule has 0 radical (unpaired) electrons. The van der Waals surface area contributed by atoms with Crippen molar-refractivity contribution >= 4 is 48.3 Å². The fraction of sp³-hybridized carbons (Fsp3) is 0.333. The lowest BCUT2D eigenvalue weighted by molar-refractivity contribution is -0.131. The van der Waals surface area contributed by atoms with E-state index in [0.29, 0.717) is 49.9 Å². The van der Waals surface area contributed by atoms with Crippen LogP contribution in [0.25, 0.3) is 0 Å². The SMILES string of the molecule is Cl.Cl.Nc1cccc(C(=O)NCCC(=O)N2CCN(c3ncccn3)CC2)c1. The van der Waals surface area contributed by atoms with Gasteiger partial charge in [0.05, 0.1) is 0 Å². The summed E-state index contributed by atoms with van der Waals surface area (Å²) in [5.74, 6) is 0.497. The van der Waals surface area contributed by atoms with E-state index in [9.17, 15) is 9.59 Å². The molecule has 8 nitrogen and oxygen atoms in total. The largest absolute Gasteiger partial charge is 0.399 e. The maximum Gasteiger partial charge on any atom is 0.251 e. The molecule has 152 valence electrons. The van der Waals surface area contributed by atoms with Crippen molar-refractivity contribution in [2.24, 2.45) is 0 Å². The summed E-state index contributed by atoms with van der Waals surface area (Å²) in [5.41, 5.74) is 6.70. The summed E-state index contributed by atoms with van der Waals surface area (Å²) in [6.45, 7) is 2.95. The number of nitrogen functional groups attached to an aromatic ring is 1. The van der Waals surface area contributed by atoms with Crippen molar-refractivity contribution in [3.05, 3.63) is 48.3 Å². The summed E-state index contributed by atoms with van der Waals surface area (Å²) in [7, 11) is 0. The number of benzene rings is 1. The maximum atomic E-state index is 12.3.